The molecule has 0 bridgehead atoms. The second-order valence-electron chi connectivity index (χ2n) is 8.60. The molecule has 1 aliphatic heterocycles. The molecular weight excluding hydrogens is 463 g/mol. The lowest BCUT2D eigenvalue weighted by Gasteiger charge is -2.30. The summed E-state index contributed by atoms with van der Waals surface area (Å²) in [4.78, 5) is 19.3. The van der Waals surface area contributed by atoms with Gasteiger partial charge < -0.3 is 9.84 Å². The highest BCUT2D eigenvalue weighted by Gasteiger charge is 2.32. The van der Waals surface area contributed by atoms with Crippen LogP contribution in [0.4, 0.5) is 4.39 Å². The summed E-state index contributed by atoms with van der Waals surface area (Å²) >= 11 is 1.30. The first kappa shape index (κ1) is 21.6. The third-order valence-corrected chi connectivity index (χ3v) is 7.52. The van der Waals surface area contributed by atoms with Gasteiger partial charge in [-0.3, -0.25) is 9.36 Å². The number of methoxy groups -OCH3 is 1. The highest BCUT2D eigenvalue weighted by Crippen LogP contribution is 2.41. The predicted octanol–water partition coefficient (Wildman–Crippen LogP) is 4.17. The first-order valence-corrected chi connectivity index (χ1v) is 12.1. The van der Waals surface area contributed by atoms with Gasteiger partial charge in [-0.1, -0.05) is 53.8 Å². The molecule has 0 fully saturated rings. The number of aromatic hydroxyl groups is 1. The van der Waals surface area contributed by atoms with Crippen molar-refractivity contribution in [2.24, 2.45) is 4.99 Å². The summed E-state index contributed by atoms with van der Waals surface area (Å²) in [6, 6.07) is 19.2. The van der Waals surface area contributed by atoms with E-state index < -0.39 is 6.04 Å². The van der Waals surface area contributed by atoms with Gasteiger partial charge in [0.05, 0.1) is 23.4 Å². The number of hydrogen-bond donors (Lipinski definition) is 1. The van der Waals surface area contributed by atoms with Crippen molar-refractivity contribution in [1.29, 1.82) is 0 Å². The molecule has 35 heavy (non-hydrogen) atoms. The number of phenolic OH excluding ortho intramolecular Hbond substituents is 1. The van der Waals surface area contributed by atoms with Crippen LogP contribution in [0.25, 0.3) is 11.8 Å². The molecule has 6 rings (SSSR count). The van der Waals surface area contributed by atoms with E-state index in [-0.39, 0.29) is 17.1 Å². The highest BCUT2D eigenvalue weighted by atomic mass is 32.1. The van der Waals surface area contributed by atoms with Crippen LogP contribution < -0.4 is 19.6 Å². The van der Waals surface area contributed by atoms with E-state index in [1.807, 2.05) is 18.2 Å². The van der Waals surface area contributed by atoms with E-state index in [2.05, 4.69) is 12.1 Å². The Morgan fingerprint density at radius 1 is 1.11 bits per heavy atom. The monoisotopic (exact) mass is 484 g/mol. The zero-order chi connectivity index (χ0) is 24.1. The van der Waals surface area contributed by atoms with E-state index in [4.69, 9.17) is 9.73 Å². The van der Waals surface area contributed by atoms with Crippen molar-refractivity contribution < 1.29 is 14.2 Å². The highest BCUT2D eigenvalue weighted by molar-refractivity contribution is 7.07. The fourth-order valence-electron chi connectivity index (χ4n) is 4.93. The standard InChI is InChI=1S/C28H21FN2O3S/c1-34-23-13-16(9-12-22(23)32)14-24-27(33)31-26(18-6-4-7-19(29)15-18)21-11-10-17-5-2-3-8-20(17)25(21)30-28(31)35-24/h2-9,12-15,26,32H,10-11H2,1H3/b24-14-. The van der Waals surface area contributed by atoms with E-state index in [1.54, 1.807) is 28.8 Å². The van der Waals surface area contributed by atoms with Crippen LogP contribution in [-0.4, -0.2) is 16.8 Å². The van der Waals surface area contributed by atoms with Gasteiger partial charge >= 0.3 is 0 Å². The van der Waals surface area contributed by atoms with Crippen molar-refractivity contribution in [3.05, 3.63) is 120 Å². The quantitative estimate of drug-likeness (QED) is 0.475. The lowest BCUT2D eigenvalue weighted by Crippen LogP contribution is -2.38. The average Bonchev–Trinajstić information content (AvgIpc) is 3.18. The lowest BCUT2D eigenvalue weighted by atomic mass is 9.83. The molecule has 1 aliphatic carbocycles. The second kappa shape index (κ2) is 8.36. The molecule has 3 aromatic carbocycles. The molecule has 1 atom stereocenters. The molecule has 7 heteroatoms. The number of thiazole rings is 1. The van der Waals surface area contributed by atoms with Crippen molar-refractivity contribution in [2.75, 3.05) is 7.11 Å². The zero-order valence-electron chi connectivity index (χ0n) is 18.9. The number of rotatable bonds is 3. The maximum atomic E-state index is 14.3. The average molecular weight is 485 g/mol. The minimum Gasteiger partial charge on any atom is -0.504 e. The van der Waals surface area contributed by atoms with Crippen LogP contribution in [0.2, 0.25) is 0 Å². The van der Waals surface area contributed by atoms with E-state index in [9.17, 15) is 14.3 Å². The molecule has 2 heterocycles. The van der Waals surface area contributed by atoms with E-state index in [0.717, 1.165) is 40.8 Å². The third kappa shape index (κ3) is 3.59. The largest absolute Gasteiger partial charge is 0.504 e. The molecule has 4 aromatic rings. The second-order valence-corrected chi connectivity index (χ2v) is 9.61. The van der Waals surface area contributed by atoms with E-state index in [0.29, 0.717) is 15.1 Å². The van der Waals surface area contributed by atoms with E-state index >= 15 is 0 Å². The Labute approximate surface area is 204 Å². The molecule has 1 N–H and O–H groups in total. The SMILES string of the molecule is COc1cc(/C=c2\sc3n(c2=O)C(c2cccc(F)c2)C2=C(N=3)c3ccccc3CC2)ccc1O. The van der Waals surface area contributed by atoms with Gasteiger partial charge in [-0.2, -0.15) is 0 Å². The third-order valence-electron chi connectivity index (χ3n) is 6.54. The van der Waals surface area contributed by atoms with Crippen LogP contribution in [0.5, 0.6) is 11.5 Å². The molecular formula is C28H21FN2O3S. The van der Waals surface area contributed by atoms with Crippen molar-refractivity contribution in [3.8, 4) is 11.5 Å². The van der Waals surface area contributed by atoms with Gasteiger partial charge in [0.25, 0.3) is 5.56 Å². The number of fused-ring (bicyclic) bond motifs is 3. The molecule has 1 aromatic heterocycles. The lowest BCUT2D eigenvalue weighted by molar-refractivity contribution is 0.373. The van der Waals surface area contributed by atoms with Gasteiger partial charge in [-0.05, 0) is 65.4 Å². The number of phenols is 1. The molecule has 0 spiro atoms. The van der Waals surface area contributed by atoms with Crippen LogP contribution in [0.1, 0.15) is 34.7 Å². The number of aryl methyl sites for hydroxylation is 1. The normalized spacial score (nSPS) is 16.9. The van der Waals surface area contributed by atoms with Crippen molar-refractivity contribution >= 4 is 23.1 Å². The van der Waals surface area contributed by atoms with E-state index in [1.165, 1.54) is 42.2 Å². The fourth-order valence-corrected chi connectivity index (χ4v) is 5.94. The van der Waals surface area contributed by atoms with Gasteiger partial charge in [0.1, 0.15) is 5.82 Å². The van der Waals surface area contributed by atoms with Gasteiger partial charge in [-0.25, -0.2) is 9.38 Å². The van der Waals surface area contributed by atoms with Crippen LogP contribution in [0, 0.1) is 5.82 Å². The summed E-state index contributed by atoms with van der Waals surface area (Å²) in [6.07, 6.45) is 3.36. The Hall–Kier alpha value is -3.97. The molecule has 0 saturated carbocycles. The summed E-state index contributed by atoms with van der Waals surface area (Å²) in [6.45, 7) is 0. The van der Waals surface area contributed by atoms with Crippen molar-refractivity contribution in [2.45, 2.75) is 18.9 Å². The maximum absolute atomic E-state index is 14.3. The number of benzene rings is 3. The summed E-state index contributed by atoms with van der Waals surface area (Å²) in [5.41, 5.74) is 5.46. The van der Waals surface area contributed by atoms with Crippen molar-refractivity contribution in [1.82, 2.24) is 4.57 Å². The number of allylic oxidation sites excluding steroid dienone is 1. The van der Waals surface area contributed by atoms with Crippen molar-refractivity contribution in [3.63, 3.8) is 0 Å². The predicted molar refractivity (Wildman–Crippen MR) is 134 cm³/mol. The molecule has 0 radical (unpaired) electrons. The van der Waals surface area contributed by atoms with Gasteiger partial charge in [0.2, 0.25) is 0 Å². The smallest absolute Gasteiger partial charge is 0.271 e. The first-order chi connectivity index (χ1) is 17.0. The van der Waals surface area contributed by atoms with Crippen LogP contribution in [0.15, 0.2) is 82.1 Å². The molecule has 0 saturated heterocycles. The number of aromatic nitrogens is 1. The number of nitrogens with zero attached hydrogens (tertiary/aromatic N) is 2. The Balaban J connectivity index is 1.61. The Morgan fingerprint density at radius 2 is 1.97 bits per heavy atom. The summed E-state index contributed by atoms with van der Waals surface area (Å²) in [5, 5.41) is 9.92. The topological polar surface area (TPSA) is 63.8 Å². The molecule has 1 unspecified atom stereocenters. The van der Waals surface area contributed by atoms with Gasteiger partial charge in [0, 0.05) is 5.56 Å². The summed E-state index contributed by atoms with van der Waals surface area (Å²) in [7, 11) is 1.48. The fraction of sp³-hybridized carbons (Fsp3) is 0.143. The minimum atomic E-state index is -0.429. The Kier molecular flexibility index (Phi) is 5.15. The molecule has 0 amide bonds. The Bertz CT molecular complexity index is 1700. The van der Waals surface area contributed by atoms with Gasteiger partial charge in [0.15, 0.2) is 16.3 Å². The molecule has 2 aliphatic rings. The first-order valence-electron chi connectivity index (χ1n) is 11.3. The maximum Gasteiger partial charge on any atom is 0.271 e. The zero-order valence-corrected chi connectivity index (χ0v) is 19.7. The summed E-state index contributed by atoms with van der Waals surface area (Å²) in [5.74, 6) is 0.0240. The minimum absolute atomic E-state index is 0.0311. The number of halogens is 1. The molecule has 5 nitrogen and oxygen atoms in total. The molecule has 174 valence electrons. The van der Waals surface area contributed by atoms with Crippen LogP contribution >= 0.6 is 11.3 Å². The number of hydrogen-bond acceptors (Lipinski definition) is 5. The summed E-state index contributed by atoms with van der Waals surface area (Å²) < 4.78 is 21.7. The number of ether oxygens (including phenoxy) is 1. The van der Waals surface area contributed by atoms with Crippen LogP contribution in [0.3, 0.4) is 0 Å². The van der Waals surface area contributed by atoms with Gasteiger partial charge in [-0.15, -0.1) is 0 Å². The van der Waals surface area contributed by atoms with Crippen LogP contribution in [-0.2, 0) is 6.42 Å². The Morgan fingerprint density at radius 3 is 2.80 bits per heavy atom.